The van der Waals surface area contributed by atoms with E-state index >= 15 is 0 Å². The van der Waals surface area contributed by atoms with Crippen LogP contribution in [0, 0.1) is 0 Å². The number of halogens is 2. The summed E-state index contributed by atoms with van der Waals surface area (Å²) in [6.45, 7) is 5.13. The van der Waals surface area contributed by atoms with Crippen LogP contribution in [-0.2, 0) is 9.47 Å². The molecule has 1 saturated heterocycles. The van der Waals surface area contributed by atoms with Gasteiger partial charge in [0, 0.05) is 36.1 Å². The summed E-state index contributed by atoms with van der Waals surface area (Å²) >= 11 is 14.0. The van der Waals surface area contributed by atoms with Crippen molar-refractivity contribution in [3.8, 4) is 0 Å². The van der Waals surface area contributed by atoms with Crippen LogP contribution in [0.2, 0.25) is 10.0 Å². The van der Waals surface area contributed by atoms with Crippen LogP contribution in [0.3, 0.4) is 0 Å². The molecule has 0 aromatic heterocycles. The highest BCUT2D eigenvalue weighted by Crippen LogP contribution is 2.30. The lowest BCUT2D eigenvalue weighted by Crippen LogP contribution is -2.46. The van der Waals surface area contributed by atoms with Gasteiger partial charge in [0.15, 0.2) is 12.0 Å². The molecule has 2 aliphatic heterocycles. The highest BCUT2D eigenvalue weighted by atomic mass is 35.5. The van der Waals surface area contributed by atoms with E-state index in [1.165, 1.54) is 18.4 Å². The molecule has 7 heteroatoms. The molecular weight excluding hydrogens is 451 g/mol. The number of thioether (sulfide) groups is 1. The number of ether oxygens (including phenoxy) is 2. The van der Waals surface area contributed by atoms with Crippen molar-refractivity contribution in [2.45, 2.75) is 30.6 Å². The van der Waals surface area contributed by atoms with E-state index in [0.29, 0.717) is 5.02 Å². The average Bonchev–Trinajstić information content (AvgIpc) is 2.81. The van der Waals surface area contributed by atoms with Gasteiger partial charge in [-0.1, -0.05) is 41.4 Å². The van der Waals surface area contributed by atoms with Gasteiger partial charge in [-0.3, -0.25) is 4.90 Å². The molecule has 166 valence electrons. The quantitative estimate of drug-likeness (QED) is 0.315. The Labute approximate surface area is 199 Å². The lowest BCUT2D eigenvalue weighted by atomic mass is 10.0. The first kappa shape index (κ1) is 22.7. The summed E-state index contributed by atoms with van der Waals surface area (Å²) in [5.74, 6) is 2.70. The summed E-state index contributed by atoms with van der Waals surface area (Å²) in [6.07, 6.45) is 14.3. The van der Waals surface area contributed by atoms with E-state index in [4.69, 9.17) is 32.7 Å². The molecule has 0 unspecified atom stereocenters. The van der Waals surface area contributed by atoms with E-state index in [9.17, 15) is 0 Å². The maximum atomic E-state index is 6.24. The highest BCUT2D eigenvalue weighted by Gasteiger charge is 2.22. The summed E-state index contributed by atoms with van der Waals surface area (Å²) in [5, 5.41) is 1.43. The van der Waals surface area contributed by atoms with Crippen molar-refractivity contribution in [2.24, 2.45) is 0 Å². The average molecular weight is 479 g/mol. The number of rotatable bonds is 8. The van der Waals surface area contributed by atoms with E-state index in [0.717, 1.165) is 72.9 Å². The lowest BCUT2D eigenvalue weighted by Gasteiger charge is -2.36. The van der Waals surface area contributed by atoms with Crippen molar-refractivity contribution in [3.63, 3.8) is 0 Å². The van der Waals surface area contributed by atoms with E-state index in [1.54, 1.807) is 24.3 Å². The lowest BCUT2D eigenvalue weighted by molar-refractivity contribution is 0.0841. The molecule has 31 heavy (non-hydrogen) atoms. The molecule has 0 saturated carbocycles. The minimum Gasteiger partial charge on any atom is -0.456 e. The third kappa shape index (κ3) is 6.48. The number of nitrogens with zero attached hydrogens (tertiary/aromatic N) is 2. The van der Waals surface area contributed by atoms with Crippen molar-refractivity contribution in [1.29, 1.82) is 0 Å². The second-order valence-electron chi connectivity index (χ2n) is 7.79. The molecule has 0 N–H and O–H groups in total. The first-order valence-corrected chi connectivity index (χ1v) is 12.6. The predicted octanol–water partition coefficient (Wildman–Crippen LogP) is 6.45. The smallest absolute Gasteiger partial charge is 0.231 e. The monoisotopic (exact) mass is 478 g/mol. The predicted molar refractivity (Wildman–Crippen MR) is 129 cm³/mol. The van der Waals surface area contributed by atoms with Crippen molar-refractivity contribution < 1.29 is 9.47 Å². The van der Waals surface area contributed by atoms with Gasteiger partial charge < -0.3 is 14.4 Å². The van der Waals surface area contributed by atoms with Gasteiger partial charge in [0.2, 0.25) is 5.88 Å². The number of allylic oxidation sites excluding steroid dienone is 4. The summed E-state index contributed by atoms with van der Waals surface area (Å²) in [6, 6.07) is 5.71. The third-order valence-electron chi connectivity index (χ3n) is 5.61. The van der Waals surface area contributed by atoms with Crippen molar-refractivity contribution in [3.05, 3.63) is 76.2 Å². The maximum absolute atomic E-state index is 6.24. The van der Waals surface area contributed by atoms with Gasteiger partial charge in [-0.15, -0.1) is 11.8 Å². The first-order valence-electron chi connectivity index (χ1n) is 10.8. The third-order valence-corrected chi connectivity index (χ3v) is 7.43. The molecule has 3 aliphatic rings. The molecule has 0 amide bonds. The van der Waals surface area contributed by atoms with E-state index in [-0.39, 0.29) is 0 Å². The van der Waals surface area contributed by atoms with Crippen LogP contribution in [0.15, 0.2) is 71.1 Å². The number of hydrogen-bond donors (Lipinski definition) is 0. The molecule has 1 fully saturated rings. The number of benzene rings is 1. The second-order valence-corrected chi connectivity index (χ2v) is 9.77. The molecule has 0 radical (unpaired) electrons. The topological polar surface area (TPSA) is 24.9 Å². The number of hydrogen-bond acceptors (Lipinski definition) is 5. The molecule has 0 atom stereocenters. The molecule has 1 aromatic rings. The van der Waals surface area contributed by atoms with Crippen LogP contribution in [-0.4, -0.2) is 48.3 Å². The molecule has 2 heterocycles. The fourth-order valence-corrected chi connectivity index (χ4v) is 5.30. The van der Waals surface area contributed by atoms with Gasteiger partial charge in [0.25, 0.3) is 0 Å². The van der Waals surface area contributed by atoms with Gasteiger partial charge in [-0.2, -0.15) is 0 Å². The standard InChI is InChI=1S/C24H28Cl2N2O2S/c25-20-8-9-23(21(26)16-20)31-15-5-4-10-27-11-13-28(14-12-27)24-18-29-22(17-30-24)19-6-2-1-3-7-19/h1-2,6,8-9,16-18H,3-5,7,10-15H2. The van der Waals surface area contributed by atoms with E-state index < -0.39 is 0 Å². The normalized spacial score (nSPS) is 19.3. The zero-order valence-electron chi connectivity index (χ0n) is 17.6. The van der Waals surface area contributed by atoms with Crippen LogP contribution in [0.4, 0.5) is 0 Å². The summed E-state index contributed by atoms with van der Waals surface area (Å²) in [5.41, 5.74) is 1.19. The SMILES string of the molecule is Clc1ccc(SCCCCN2CCN(C3=COC(C4=CC=CCC4)=CO3)CC2)c(Cl)c1. The maximum Gasteiger partial charge on any atom is 0.231 e. The first-order chi connectivity index (χ1) is 15.2. The van der Waals surface area contributed by atoms with Gasteiger partial charge in [-0.05, 0) is 61.8 Å². The Kier molecular flexibility index (Phi) is 8.31. The molecule has 4 nitrogen and oxygen atoms in total. The Balaban J connectivity index is 1.12. The number of piperazine rings is 1. The van der Waals surface area contributed by atoms with Crippen LogP contribution in [0.1, 0.15) is 25.7 Å². The Hall–Kier alpha value is -1.53. The van der Waals surface area contributed by atoms with E-state index in [1.807, 2.05) is 18.2 Å². The minimum atomic E-state index is 0.685. The Bertz CT molecular complexity index is 890. The van der Waals surface area contributed by atoms with Gasteiger partial charge >= 0.3 is 0 Å². The van der Waals surface area contributed by atoms with Crippen LogP contribution in [0.25, 0.3) is 0 Å². The molecule has 1 aromatic carbocycles. The Morgan fingerprint density at radius 3 is 2.58 bits per heavy atom. The Morgan fingerprint density at radius 2 is 1.87 bits per heavy atom. The zero-order valence-corrected chi connectivity index (χ0v) is 19.9. The van der Waals surface area contributed by atoms with E-state index in [2.05, 4.69) is 28.0 Å². The molecule has 0 bridgehead atoms. The van der Waals surface area contributed by atoms with Crippen LogP contribution in [0.5, 0.6) is 0 Å². The summed E-state index contributed by atoms with van der Waals surface area (Å²) < 4.78 is 11.7. The summed E-state index contributed by atoms with van der Waals surface area (Å²) in [4.78, 5) is 5.90. The van der Waals surface area contributed by atoms with Crippen molar-refractivity contribution in [1.82, 2.24) is 9.80 Å². The fourth-order valence-electron chi connectivity index (χ4n) is 3.80. The van der Waals surface area contributed by atoms with Crippen LogP contribution >= 0.6 is 35.0 Å². The highest BCUT2D eigenvalue weighted by molar-refractivity contribution is 7.99. The van der Waals surface area contributed by atoms with Gasteiger partial charge in [0.05, 0.1) is 5.02 Å². The number of unbranched alkanes of at least 4 members (excludes halogenated alkanes) is 1. The summed E-state index contributed by atoms with van der Waals surface area (Å²) in [7, 11) is 0. The molecule has 1 aliphatic carbocycles. The second kappa shape index (κ2) is 11.4. The largest absolute Gasteiger partial charge is 0.456 e. The van der Waals surface area contributed by atoms with Gasteiger partial charge in [0.1, 0.15) is 6.26 Å². The zero-order chi connectivity index (χ0) is 21.5. The van der Waals surface area contributed by atoms with Crippen LogP contribution < -0.4 is 0 Å². The minimum absolute atomic E-state index is 0.685. The fraction of sp³-hybridized carbons (Fsp3) is 0.417. The molecular formula is C24H28Cl2N2O2S. The van der Waals surface area contributed by atoms with Gasteiger partial charge in [-0.25, -0.2) is 0 Å². The Morgan fingerprint density at radius 1 is 1.00 bits per heavy atom. The van der Waals surface area contributed by atoms with Crippen molar-refractivity contribution in [2.75, 3.05) is 38.5 Å². The molecule has 0 spiro atoms. The molecule has 4 rings (SSSR count). The van der Waals surface area contributed by atoms with Crippen molar-refractivity contribution >= 4 is 35.0 Å².